The smallest absolute Gasteiger partial charge is 0.257 e. The number of hydrogen-bond donors (Lipinski definition) is 2. The fourth-order valence-electron chi connectivity index (χ4n) is 3.60. The summed E-state index contributed by atoms with van der Waals surface area (Å²) in [6, 6.07) is 6.24. The van der Waals surface area contributed by atoms with Gasteiger partial charge in [-0.2, -0.15) is 5.10 Å². The van der Waals surface area contributed by atoms with Crippen molar-refractivity contribution in [2.75, 3.05) is 13.1 Å². The molecule has 0 saturated carbocycles. The van der Waals surface area contributed by atoms with Crippen LogP contribution in [0.1, 0.15) is 23.2 Å². The maximum absolute atomic E-state index is 13.5. The van der Waals surface area contributed by atoms with Gasteiger partial charge in [-0.15, -0.1) is 0 Å². The Morgan fingerprint density at radius 2 is 2.25 bits per heavy atom. The van der Waals surface area contributed by atoms with E-state index in [9.17, 15) is 14.0 Å². The van der Waals surface area contributed by atoms with Crippen molar-refractivity contribution < 1.29 is 14.0 Å². The molecule has 7 heteroatoms. The lowest BCUT2D eigenvalue weighted by molar-refractivity contribution is -0.119. The lowest BCUT2D eigenvalue weighted by Gasteiger charge is -2.34. The number of aromatic amines is 1. The fourth-order valence-corrected chi connectivity index (χ4v) is 3.60. The van der Waals surface area contributed by atoms with E-state index >= 15 is 0 Å². The summed E-state index contributed by atoms with van der Waals surface area (Å²) < 4.78 is 13.5. The van der Waals surface area contributed by atoms with Crippen LogP contribution in [-0.4, -0.2) is 46.0 Å². The lowest BCUT2D eigenvalue weighted by Crippen LogP contribution is -2.47. The molecule has 2 atom stereocenters. The van der Waals surface area contributed by atoms with Gasteiger partial charge in [0, 0.05) is 37.0 Å². The van der Waals surface area contributed by atoms with Gasteiger partial charge in [0.2, 0.25) is 5.91 Å². The average Bonchev–Trinajstić information content (AvgIpc) is 3.18. The number of nitrogens with one attached hydrogen (secondary N) is 2. The van der Waals surface area contributed by atoms with E-state index in [4.69, 9.17) is 0 Å². The SMILES string of the molecule is O=C1C[C@@H]2CN(C(=O)c3cn[nH]c3-c3cccc(F)c3)CC[C@@H]2N1. The highest BCUT2D eigenvalue weighted by Gasteiger charge is 2.38. The molecule has 0 aliphatic carbocycles. The molecule has 1 aromatic heterocycles. The van der Waals surface area contributed by atoms with Crippen molar-refractivity contribution >= 4 is 11.8 Å². The third kappa shape index (κ3) is 2.55. The number of fused-ring (bicyclic) bond motifs is 1. The van der Waals surface area contributed by atoms with Gasteiger partial charge in [-0.3, -0.25) is 14.7 Å². The molecule has 2 saturated heterocycles. The second kappa shape index (κ2) is 5.74. The van der Waals surface area contributed by atoms with E-state index < -0.39 is 0 Å². The van der Waals surface area contributed by atoms with Crippen LogP contribution < -0.4 is 5.32 Å². The van der Waals surface area contributed by atoms with Crippen molar-refractivity contribution in [2.24, 2.45) is 5.92 Å². The molecule has 2 amide bonds. The van der Waals surface area contributed by atoms with E-state index in [-0.39, 0.29) is 29.6 Å². The molecule has 3 heterocycles. The highest BCUT2D eigenvalue weighted by Crippen LogP contribution is 2.28. The second-order valence-corrected chi connectivity index (χ2v) is 6.35. The van der Waals surface area contributed by atoms with Gasteiger partial charge in [0.1, 0.15) is 5.82 Å². The van der Waals surface area contributed by atoms with Crippen LogP contribution in [0, 0.1) is 11.7 Å². The lowest BCUT2D eigenvalue weighted by atomic mass is 9.92. The first-order valence-corrected chi connectivity index (χ1v) is 8.00. The van der Waals surface area contributed by atoms with E-state index in [1.165, 1.54) is 18.3 Å². The number of likely N-dealkylation sites (tertiary alicyclic amines) is 1. The molecule has 2 aromatic rings. The molecule has 0 unspecified atom stereocenters. The van der Waals surface area contributed by atoms with E-state index in [0.717, 1.165) is 6.42 Å². The first kappa shape index (κ1) is 14.9. The van der Waals surface area contributed by atoms with Gasteiger partial charge in [0.05, 0.1) is 17.5 Å². The number of H-pyrrole nitrogens is 1. The predicted octanol–water partition coefficient (Wildman–Crippen LogP) is 1.57. The highest BCUT2D eigenvalue weighted by atomic mass is 19.1. The molecule has 2 fully saturated rings. The Kier molecular flexibility index (Phi) is 3.55. The van der Waals surface area contributed by atoms with E-state index in [2.05, 4.69) is 15.5 Å². The molecule has 6 nitrogen and oxygen atoms in total. The zero-order chi connectivity index (χ0) is 16.7. The van der Waals surface area contributed by atoms with Gasteiger partial charge in [-0.05, 0) is 18.6 Å². The number of rotatable bonds is 2. The molecule has 4 rings (SSSR count). The zero-order valence-corrected chi connectivity index (χ0v) is 13.0. The van der Waals surface area contributed by atoms with Gasteiger partial charge < -0.3 is 10.2 Å². The summed E-state index contributed by atoms with van der Waals surface area (Å²) in [7, 11) is 0. The molecule has 2 aliphatic heterocycles. The Morgan fingerprint density at radius 3 is 3.08 bits per heavy atom. The normalized spacial score (nSPS) is 23.0. The molecule has 0 bridgehead atoms. The van der Waals surface area contributed by atoms with Gasteiger partial charge in [0.25, 0.3) is 5.91 Å². The minimum Gasteiger partial charge on any atom is -0.353 e. The molecule has 124 valence electrons. The van der Waals surface area contributed by atoms with Crippen molar-refractivity contribution in [3.63, 3.8) is 0 Å². The van der Waals surface area contributed by atoms with Crippen LogP contribution in [0.25, 0.3) is 11.3 Å². The number of aromatic nitrogens is 2. The minimum absolute atomic E-state index is 0.0584. The molecule has 0 spiro atoms. The monoisotopic (exact) mass is 328 g/mol. The number of halogens is 1. The highest BCUT2D eigenvalue weighted by molar-refractivity contribution is 5.99. The maximum Gasteiger partial charge on any atom is 0.257 e. The van der Waals surface area contributed by atoms with Gasteiger partial charge in [-0.25, -0.2) is 4.39 Å². The third-order valence-corrected chi connectivity index (χ3v) is 4.80. The summed E-state index contributed by atoms with van der Waals surface area (Å²) in [5.41, 5.74) is 1.53. The Morgan fingerprint density at radius 1 is 1.38 bits per heavy atom. The minimum atomic E-state index is -0.364. The summed E-state index contributed by atoms with van der Waals surface area (Å²) in [6.07, 6.45) is 2.71. The molecule has 0 radical (unpaired) electrons. The molecule has 1 aromatic carbocycles. The molecule has 2 N–H and O–H groups in total. The predicted molar refractivity (Wildman–Crippen MR) is 84.5 cm³/mol. The number of hydrogen-bond acceptors (Lipinski definition) is 3. The molecular weight excluding hydrogens is 311 g/mol. The largest absolute Gasteiger partial charge is 0.353 e. The Labute approximate surface area is 138 Å². The molecule has 2 aliphatic rings. The van der Waals surface area contributed by atoms with Crippen molar-refractivity contribution in [2.45, 2.75) is 18.9 Å². The average molecular weight is 328 g/mol. The van der Waals surface area contributed by atoms with Crippen LogP contribution in [0.15, 0.2) is 30.5 Å². The quantitative estimate of drug-likeness (QED) is 0.878. The van der Waals surface area contributed by atoms with Crippen molar-refractivity contribution in [1.82, 2.24) is 20.4 Å². The van der Waals surface area contributed by atoms with Crippen LogP contribution >= 0.6 is 0 Å². The first-order valence-electron chi connectivity index (χ1n) is 8.00. The van der Waals surface area contributed by atoms with E-state index in [1.54, 1.807) is 17.0 Å². The van der Waals surface area contributed by atoms with Crippen LogP contribution in [-0.2, 0) is 4.79 Å². The van der Waals surface area contributed by atoms with E-state index in [1.807, 2.05) is 0 Å². The fraction of sp³-hybridized carbons (Fsp3) is 0.353. The van der Waals surface area contributed by atoms with Gasteiger partial charge in [-0.1, -0.05) is 12.1 Å². The summed E-state index contributed by atoms with van der Waals surface area (Å²) in [5, 5.41) is 9.71. The van der Waals surface area contributed by atoms with Crippen LogP contribution in [0.2, 0.25) is 0 Å². The van der Waals surface area contributed by atoms with E-state index in [0.29, 0.717) is 36.3 Å². The third-order valence-electron chi connectivity index (χ3n) is 4.80. The summed E-state index contributed by atoms with van der Waals surface area (Å²) in [4.78, 5) is 26.2. The van der Waals surface area contributed by atoms with Gasteiger partial charge in [0.15, 0.2) is 0 Å². The van der Waals surface area contributed by atoms with Gasteiger partial charge >= 0.3 is 0 Å². The standard InChI is InChI=1S/C17H17FN4O2/c18-12-3-1-2-10(6-12)16-13(8-19-21-16)17(24)22-5-4-14-11(9-22)7-15(23)20-14/h1-3,6,8,11,14H,4-5,7,9H2,(H,19,21)(H,20,23)/t11-,14+/m1/s1. The topological polar surface area (TPSA) is 78.1 Å². The Bertz CT molecular complexity index is 803. The summed E-state index contributed by atoms with van der Waals surface area (Å²) >= 11 is 0. The first-order chi connectivity index (χ1) is 11.6. The number of carbonyl (C=O) groups excluding carboxylic acids is 2. The number of piperidine rings is 1. The van der Waals surface area contributed by atoms with Crippen molar-refractivity contribution in [1.29, 1.82) is 0 Å². The number of nitrogens with zero attached hydrogens (tertiary/aromatic N) is 2. The Hall–Kier alpha value is -2.70. The van der Waals surface area contributed by atoms with Crippen LogP contribution in [0.4, 0.5) is 4.39 Å². The number of carbonyl (C=O) groups is 2. The van der Waals surface area contributed by atoms with Crippen LogP contribution in [0.5, 0.6) is 0 Å². The zero-order valence-electron chi connectivity index (χ0n) is 13.0. The van der Waals surface area contributed by atoms with Crippen molar-refractivity contribution in [3.05, 3.63) is 41.8 Å². The number of amides is 2. The molecular formula is C17H17FN4O2. The molecule has 24 heavy (non-hydrogen) atoms. The van der Waals surface area contributed by atoms with Crippen molar-refractivity contribution in [3.8, 4) is 11.3 Å². The van der Waals surface area contributed by atoms with Crippen LogP contribution in [0.3, 0.4) is 0 Å². The maximum atomic E-state index is 13.5. The summed E-state index contributed by atoms with van der Waals surface area (Å²) in [6.45, 7) is 1.14. The Balaban J connectivity index is 1.58. The second-order valence-electron chi connectivity index (χ2n) is 6.35. The summed E-state index contributed by atoms with van der Waals surface area (Å²) in [5.74, 6) is -0.277. The number of benzene rings is 1.